The maximum Gasteiger partial charge on any atom is 0.335 e. The molecule has 1 aromatic heterocycles. The number of carbonyl (C=O) groups is 2. The molecule has 1 unspecified atom stereocenters. The number of hydrogen-bond donors (Lipinski definition) is 2. The van der Waals surface area contributed by atoms with Crippen molar-refractivity contribution >= 4 is 17.6 Å². The van der Waals surface area contributed by atoms with Gasteiger partial charge in [0.05, 0.1) is 16.2 Å². The molecular weight excluding hydrogens is 330 g/mol. The van der Waals surface area contributed by atoms with Crippen LogP contribution in [0.15, 0.2) is 22.7 Å². The molecule has 0 aliphatic heterocycles. The first-order valence-corrected chi connectivity index (χ1v) is 7.44. The topological polar surface area (TPSA) is 136 Å². The highest BCUT2D eigenvalue weighted by Gasteiger charge is 2.20. The molecule has 0 spiro atoms. The third kappa shape index (κ3) is 4.00. The maximum absolute atomic E-state index is 12.3. The van der Waals surface area contributed by atoms with Crippen molar-refractivity contribution in [3.8, 4) is 0 Å². The van der Waals surface area contributed by atoms with E-state index in [-0.39, 0.29) is 23.6 Å². The molecule has 9 heteroatoms. The molecule has 0 aliphatic carbocycles. The summed E-state index contributed by atoms with van der Waals surface area (Å²) in [5.74, 6) is -1.37. The van der Waals surface area contributed by atoms with Crippen LogP contribution in [0.5, 0.6) is 0 Å². The van der Waals surface area contributed by atoms with Crippen LogP contribution in [0.1, 0.15) is 50.6 Å². The van der Waals surface area contributed by atoms with Gasteiger partial charge in [-0.05, 0) is 19.9 Å². The lowest BCUT2D eigenvalue weighted by Gasteiger charge is -2.13. The van der Waals surface area contributed by atoms with E-state index in [4.69, 9.17) is 9.63 Å². The molecule has 1 atom stereocenters. The fourth-order valence-electron chi connectivity index (χ4n) is 2.61. The highest BCUT2D eigenvalue weighted by molar-refractivity contribution is 5.98. The number of aryl methyl sites for hydroxylation is 2. The zero-order valence-electron chi connectivity index (χ0n) is 13.9. The van der Waals surface area contributed by atoms with Crippen LogP contribution >= 0.6 is 0 Å². The number of carboxylic acid groups (broad SMARTS) is 1. The summed E-state index contributed by atoms with van der Waals surface area (Å²) in [4.78, 5) is 33.5. The molecule has 2 N–H and O–H groups in total. The number of benzene rings is 1. The van der Waals surface area contributed by atoms with E-state index in [1.54, 1.807) is 13.8 Å². The summed E-state index contributed by atoms with van der Waals surface area (Å²) in [6.45, 7) is 5.69. The molecule has 0 aliphatic rings. The normalized spacial score (nSPS) is 11.8. The Morgan fingerprint density at radius 2 is 1.96 bits per heavy atom. The zero-order chi connectivity index (χ0) is 18.7. The molecule has 1 amide bonds. The van der Waals surface area contributed by atoms with E-state index in [1.165, 1.54) is 0 Å². The molecule has 9 nitrogen and oxygen atoms in total. The Morgan fingerprint density at radius 3 is 2.48 bits per heavy atom. The molecule has 1 heterocycles. The van der Waals surface area contributed by atoms with Crippen molar-refractivity contribution < 1.29 is 24.1 Å². The summed E-state index contributed by atoms with van der Waals surface area (Å²) >= 11 is 0. The Balaban J connectivity index is 2.18. The van der Waals surface area contributed by atoms with Crippen molar-refractivity contribution in [2.75, 3.05) is 6.54 Å². The maximum atomic E-state index is 12.3. The van der Waals surface area contributed by atoms with Gasteiger partial charge in [-0.25, -0.2) is 4.79 Å². The number of carbonyl (C=O) groups excluding carboxylic acids is 1. The van der Waals surface area contributed by atoms with Crippen LogP contribution < -0.4 is 5.32 Å². The quantitative estimate of drug-likeness (QED) is 0.605. The Kier molecular flexibility index (Phi) is 5.16. The number of non-ortho nitro benzene ring substituents is 1. The fourth-order valence-corrected chi connectivity index (χ4v) is 2.61. The van der Waals surface area contributed by atoms with Crippen molar-refractivity contribution in [1.29, 1.82) is 0 Å². The van der Waals surface area contributed by atoms with E-state index in [2.05, 4.69) is 10.5 Å². The lowest BCUT2D eigenvalue weighted by Crippen LogP contribution is -2.28. The van der Waals surface area contributed by atoms with E-state index >= 15 is 0 Å². The molecule has 0 saturated carbocycles. The minimum absolute atomic E-state index is 0.0856. The number of hydrogen-bond acceptors (Lipinski definition) is 6. The smallest absolute Gasteiger partial charge is 0.335 e. The first-order valence-electron chi connectivity index (χ1n) is 7.44. The molecule has 0 saturated heterocycles. The number of nitro groups is 1. The molecular formula is C16H17N3O6. The highest BCUT2D eigenvalue weighted by atomic mass is 16.6. The van der Waals surface area contributed by atoms with Gasteiger partial charge >= 0.3 is 5.97 Å². The molecule has 0 radical (unpaired) electrons. The second-order valence-electron chi connectivity index (χ2n) is 5.68. The summed E-state index contributed by atoms with van der Waals surface area (Å²) in [6, 6.07) is 3.05. The van der Waals surface area contributed by atoms with Gasteiger partial charge in [-0.15, -0.1) is 0 Å². The van der Waals surface area contributed by atoms with Crippen molar-refractivity contribution in [3.63, 3.8) is 0 Å². The minimum Gasteiger partial charge on any atom is -0.478 e. The molecule has 2 rings (SSSR count). The van der Waals surface area contributed by atoms with Gasteiger partial charge in [0.15, 0.2) is 0 Å². The van der Waals surface area contributed by atoms with E-state index in [0.717, 1.165) is 29.5 Å². The van der Waals surface area contributed by atoms with Gasteiger partial charge in [0.2, 0.25) is 0 Å². The molecule has 0 bridgehead atoms. The van der Waals surface area contributed by atoms with Crippen LogP contribution in [0.25, 0.3) is 0 Å². The summed E-state index contributed by atoms with van der Waals surface area (Å²) in [5, 5.41) is 26.4. The fraction of sp³-hybridized carbons (Fsp3) is 0.312. The van der Waals surface area contributed by atoms with Crippen LogP contribution in [0, 0.1) is 24.0 Å². The van der Waals surface area contributed by atoms with Crippen molar-refractivity contribution in [2.24, 2.45) is 0 Å². The van der Waals surface area contributed by atoms with Gasteiger partial charge in [-0.1, -0.05) is 12.1 Å². The van der Waals surface area contributed by atoms with Gasteiger partial charge < -0.3 is 14.9 Å². The zero-order valence-corrected chi connectivity index (χ0v) is 13.9. The van der Waals surface area contributed by atoms with Gasteiger partial charge in [0.25, 0.3) is 11.6 Å². The number of nitrogens with zero attached hydrogens (tertiary/aromatic N) is 2. The monoisotopic (exact) mass is 347 g/mol. The summed E-state index contributed by atoms with van der Waals surface area (Å²) < 4.78 is 5.09. The third-order valence-electron chi connectivity index (χ3n) is 3.79. The standard InChI is InChI=1S/C16H17N3O6/c1-8(14-9(2)18-25-10(14)3)7-17-15(20)11-4-12(16(21)22)6-13(5-11)19(23)24/h4-6,8H,7H2,1-3H3,(H,17,20)(H,21,22). The average Bonchev–Trinajstić information content (AvgIpc) is 2.90. The summed E-state index contributed by atoms with van der Waals surface area (Å²) in [6.07, 6.45) is 0. The van der Waals surface area contributed by atoms with Crippen molar-refractivity contribution in [3.05, 3.63) is 56.5 Å². The van der Waals surface area contributed by atoms with Crippen molar-refractivity contribution in [1.82, 2.24) is 10.5 Å². The predicted molar refractivity (Wildman–Crippen MR) is 86.8 cm³/mol. The Bertz CT molecular complexity index is 791. The summed E-state index contributed by atoms with van der Waals surface area (Å²) in [5.41, 5.74) is 0.743. The largest absolute Gasteiger partial charge is 0.478 e. The second kappa shape index (κ2) is 7.12. The second-order valence-corrected chi connectivity index (χ2v) is 5.68. The number of nitro benzene ring substituents is 1. The van der Waals surface area contributed by atoms with E-state index < -0.39 is 22.5 Å². The summed E-state index contributed by atoms with van der Waals surface area (Å²) in [7, 11) is 0. The number of aromatic carboxylic acids is 1. The van der Waals surface area contributed by atoms with Gasteiger partial charge in [-0.2, -0.15) is 0 Å². The number of amides is 1. The van der Waals surface area contributed by atoms with Gasteiger partial charge in [0, 0.05) is 35.7 Å². The van der Waals surface area contributed by atoms with Crippen LogP contribution in [-0.4, -0.2) is 33.6 Å². The number of rotatable bonds is 6. The molecule has 2 aromatic rings. The third-order valence-corrected chi connectivity index (χ3v) is 3.79. The van der Waals surface area contributed by atoms with Crippen LogP contribution in [0.4, 0.5) is 5.69 Å². The van der Waals surface area contributed by atoms with Crippen molar-refractivity contribution in [2.45, 2.75) is 26.7 Å². The minimum atomic E-state index is -1.35. The Labute approximate surface area is 142 Å². The van der Waals surface area contributed by atoms with Crippen LogP contribution in [0.3, 0.4) is 0 Å². The van der Waals surface area contributed by atoms with E-state index in [0.29, 0.717) is 5.76 Å². The van der Waals surface area contributed by atoms with E-state index in [1.807, 2.05) is 6.92 Å². The first-order chi connectivity index (χ1) is 11.7. The SMILES string of the molecule is Cc1noc(C)c1C(C)CNC(=O)c1cc(C(=O)O)cc([N+](=O)[O-])c1. The Morgan fingerprint density at radius 1 is 1.32 bits per heavy atom. The van der Waals surface area contributed by atoms with Gasteiger partial charge in [0.1, 0.15) is 5.76 Å². The lowest BCUT2D eigenvalue weighted by molar-refractivity contribution is -0.384. The van der Waals surface area contributed by atoms with Crippen LogP contribution in [-0.2, 0) is 0 Å². The number of aromatic nitrogens is 1. The van der Waals surface area contributed by atoms with Crippen LogP contribution in [0.2, 0.25) is 0 Å². The molecule has 0 fully saturated rings. The number of nitrogens with one attached hydrogen (secondary N) is 1. The molecule has 132 valence electrons. The average molecular weight is 347 g/mol. The molecule has 1 aromatic carbocycles. The molecule has 25 heavy (non-hydrogen) atoms. The van der Waals surface area contributed by atoms with E-state index in [9.17, 15) is 19.7 Å². The number of carboxylic acids is 1. The first kappa shape index (κ1) is 18.1. The lowest BCUT2D eigenvalue weighted by atomic mass is 9.99. The predicted octanol–water partition coefficient (Wildman–Crippen LogP) is 2.43. The Hall–Kier alpha value is -3.23. The van der Waals surface area contributed by atoms with Gasteiger partial charge in [-0.3, -0.25) is 14.9 Å². The highest BCUT2D eigenvalue weighted by Crippen LogP contribution is 2.23.